The number of benzene rings is 2. The first kappa shape index (κ1) is 17.0. The Kier molecular flexibility index (Phi) is 4.98. The molecule has 1 heterocycles. The molecule has 1 unspecified atom stereocenters. The molecule has 4 heteroatoms. The maximum Gasteiger partial charge on any atom is 0.224 e. The molecule has 1 amide bonds. The zero-order valence-electron chi connectivity index (χ0n) is 14.7. The third-order valence-electron chi connectivity index (χ3n) is 4.08. The summed E-state index contributed by atoms with van der Waals surface area (Å²) >= 11 is 0. The second kappa shape index (κ2) is 7.34. The van der Waals surface area contributed by atoms with E-state index < -0.39 is 0 Å². The molecule has 0 fully saturated rings. The second-order valence-electron chi connectivity index (χ2n) is 6.45. The number of rotatable bonds is 6. The van der Waals surface area contributed by atoms with Crippen LogP contribution in [-0.2, 0) is 17.8 Å². The highest BCUT2D eigenvalue weighted by Gasteiger charge is 2.18. The third-order valence-corrected chi connectivity index (χ3v) is 4.08. The molecular formula is C21H23N3O. The van der Waals surface area contributed by atoms with Gasteiger partial charge in [0.25, 0.3) is 0 Å². The summed E-state index contributed by atoms with van der Waals surface area (Å²) < 4.78 is 2.13. The van der Waals surface area contributed by atoms with Gasteiger partial charge in [0.05, 0.1) is 23.5 Å². The Bertz CT molecular complexity index is 896. The summed E-state index contributed by atoms with van der Waals surface area (Å²) in [6.07, 6.45) is 0.367. The number of nitrogens with zero attached hydrogens (tertiary/aromatic N) is 2. The molecule has 128 valence electrons. The lowest BCUT2D eigenvalue weighted by molar-refractivity contribution is -0.121. The minimum absolute atomic E-state index is 0.00682. The van der Waals surface area contributed by atoms with Crippen molar-refractivity contribution >= 4 is 16.9 Å². The van der Waals surface area contributed by atoms with Crippen LogP contribution in [0.25, 0.3) is 11.0 Å². The van der Waals surface area contributed by atoms with Gasteiger partial charge in [0, 0.05) is 6.54 Å². The molecule has 0 saturated heterocycles. The molecule has 3 aromatic rings. The van der Waals surface area contributed by atoms with Crippen LogP contribution in [0.3, 0.4) is 0 Å². The highest BCUT2D eigenvalue weighted by Crippen LogP contribution is 2.22. The van der Waals surface area contributed by atoms with E-state index in [1.807, 2.05) is 68.4 Å². The zero-order valence-corrected chi connectivity index (χ0v) is 14.7. The van der Waals surface area contributed by atoms with Gasteiger partial charge in [-0.3, -0.25) is 4.79 Å². The van der Waals surface area contributed by atoms with Gasteiger partial charge in [-0.1, -0.05) is 54.6 Å². The molecule has 3 rings (SSSR count). The van der Waals surface area contributed by atoms with E-state index in [9.17, 15) is 4.79 Å². The van der Waals surface area contributed by atoms with Crippen molar-refractivity contribution in [2.45, 2.75) is 32.9 Å². The largest absolute Gasteiger partial charge is 0.346 e. The van der Waals surface area contributed by atoms with Gasteiger partial charge in [0.1, 0.15) is 5.82 Å². The molecule has 4 nitrogen and oxygen atoms in total. The van der Waals surface area contributed by atoms with Crippen LogP contribution in [0.5, 0.6) is 0 Å². The van der Waals surface area contributed by atoms with Crippen LogP contribution in [-0.4, -0.2) is 15.5 Å². The smallest absolute Gasteiger partial charge is 0.224 e. The van der Waals surface area contributed by atoms with Crippen molar-refractivity contribution < 1.29 is 4.79 Å². The van der Waals surface area contributed by atoms with Crippen molar-refractivity contribution in [3.63, 3.8) is 0 Å². The lowest BCUT2D eigenvalue weighted by Gasteiger charge is -2.16. The monoisotopic (exact) mass is 333 g/mol. The summed E-state index contributed by atoms with van der Waals surface area (Å²) in [5, 5.41) is 3.07. The van der Waals surface area contributed by atoms with Crippen molar-refractivity contribution in [3.8, 4) is 0 Å². The number of allylic oxidation sites excluding steroid dienone is 1. The van der Waals surface area contributed by atoms with Gasteiger partial charge >= 0.3 is 0 Å². The quantitative estimate of drug-likeness (QED) is 0.692. The minimum Gasteiger partial charge on any atom is -0.346 e. The highest BCUT2D eigenvalue weighted by atomic mass is 16.1. The molecule has 25 heavy (non-hydrogen) atoms. The van der Waals surface area contributed by atoms with E-state index in [0.29, 0.717) is 13.0 Å². The van der Waals surface area contributed by atoms with Crippen LogP contribution in [0.15, 0.2) is 66.7 Å². The molecule has 0 radical (unpaired) electrons. The van der Waals surface area contributed by atoms with Gasteiger partial charge in [-0.25, -0.2) is 4.98 Å². The number of carbonyl (C=O) groups excluding carboxylic acids is 1. The minimum atomic E-state index is -0.178. The van der Waals surface area contributed by atoms with Crippen molar-refractivity contribution in [1.29, 1.82) is 0 Å². The predicted molar refractivity (Wildman–Crippen MR) is 101 cm³/mol. The van der Waals surface area contributed by atoms with E-state index >= 15 is 0 Å². The first-order valence-electron chi connectivity index (χ1n) is 8.47. The van der Waals surface area contributed by atoms with Crippen LogP contribution >= 0.6 is 0 Å². The zero-order chi connectivity index (χ0) is 17.8. The lowest BCUT2D eigenvalue weighted by Crippen LogP contribution is -2.30. The van der Waals surface area contributed by atoms with Crippen molar-refractivity contribution in [1.82, 2.24) is 14.9 Å². The van der Waals surface area contributed by atoms with E-state index in [1.165, 1.54) is 0 Å². The number of amides is 1. The number of aromatic nitrogens is 2. The maximum absolute atomic E-state index is 12.4. The lowest BCUT2D eigenvalue weighted by atomic mass is 10.1. The van der Waals surface area contributed by atoms with Crippen molar-refractivity contribution in [2.75, 3.05) is 0 Å². The number of hydrogen-bond donors (Lipinski definition) is 1. The van der Waals surface area contributed by atoms with Crippen LogP contribution in [0.2, 0.25) is 0 Å². The highest BCUT2D eigenvalue weighted by molar-refractivity contribution is 5.79. The van der Waals surface area contributed by atoms with E-state index in [4.69, 9.17) is 4.98 Å². The topological polar surface area (TPSA) is 46.9 Å². The molecule has 1 N–H and O–H groups in total. The van der Waals surface area contributed by atoms with Crippen LogP contribution in [0.4, 0.5) is 0 Å². The number of fused-ring (bicyclic) bond motifs is 1. The van der Waals surface area contributed by atoms with Crippen molar-refractivity contribution in [3.05, 3.63) is 78.1 Å². The molecular weight excluding hydrogens is 310 g/mol. The summed E-state index contributed by atoms with van der Waals surface area (Å²) in [4.78, 5) is 17.1. The Hall–Kier alpha value is -2.88. The number of carbonyl (C=O) groups is 1. The van der Waals surface area contributed by atoms with Crippen LogP contribution in [0.1, 0.15) is 31.3 Å². The summed E-state index contributed by atoms with van der Waals surface area (Å²) in [6, 6.07) is 17.6. The number of nitrogens with one attached hydrogen (secondary N) is 1. The predicted octanol–water partition coefficient (Wildman–Crippen LogP) is 4.03. The summed E-state index contributed by atoms with van der Waals surface area (Å²) in [6.45, 7) is 8.68. The van der Waals surface area contributed by atoms with E-state index in [0.717, 1.165) is 28.0 Å². The molecule has 0 aliphatic rings. The van der Waals surface area contributed by atoms with Gasteiger partial charge in [0.15, 0.2) is 0 Å². The van der Waals surface area contributed by atoms with E-state index in [2.05, 4.69) is 16.5 Å². The normalized spacial score (nSPS) is 12.1. The number of para-hydroxylation sites is 2. The Labute approximate surface area is 148 Å². The molecule has 1 atom stereocenters. The molecule has 0 aliphatic carbocycles. The molecule has 0 aliphatic heterocycles. The standard InChI is InChI=1S/C21H23N3O/c1-15(2)14-24-19-12-8-7-11-18(19)23-21(24)16(3)22-20(25)13-17-9-5-4-6-10-17/h4-12,16H,1,13-14H2,2-3H3,(H,22,25). The van der Waals surface area contributed by atoms with Gasteiger partial charge in [-0.15, -0.1) is 0 Å². The van der Waals surface area contributed by atoms with Gasteiger partial charge in [-0.2, -0.15) is 0 Å². The van der Waals surface area contributed by atoms with Crippen LogP contribution < -0.4 is 5.32 Å². The second-order valence-corrected chi connectivity index (χ2v) is 6.45. The maximum atomic E-state index is 12.4. The Morgan fingerprint density at radius 2 is 1.84 bits per heavy atom. The SMILES string of the molecule is C=C(C)Cn1c(C(C)NC(=O)Cc2ccccc2)nc2ccccc21. The van der Waals surface area contributed by atoms with Gasteiger partial charge < -0.3 is 9.88 Å². The average molecular weight is 333 g/mol. The first-order chi connectivity index (χ1) is 12.0. The summed E-state index contributed by atoms with van der Waals surface area (Å²) in [5.41, 5.74) is 4.04. The summed E-state index contributed by atoms with van der Waals surface area (Å²) in [5.74, 6) is 0.846. The number of imidazole rings is 1. The average Bonchev–Trinajstić information content (AvgIpc) is 2.94. The Morgan fingerprint density at radius 1 is 1.16 bits per heavy atom. The van der Waals surface area contributed by atoms with E-state index in [1.54, 1.807) is 0 Å². The van der Waals surface area contributed by atoms with Crippen LogP contribution in [0, 0.1) is 0 Å². The van der Waals surface area contributed by atoms with Gasteiger partial charge in [-0.05, 0) is 31.5 Å². The molecule has 0 bridgehead atoms. The fourth-order valence-electron chi connectivity index (χ4n) is 3.00. The van der Waals surface area contributed by atoms with E-state index in [-0.39, 0.29) is 11.9 Å². The third kappa shape index (κ3) is 3.97. The first-order valence-corrected chi connectivity index (χ1v) is 8.47. The number of hydrogen-bond acceptors (Lipinski definition) is 2. The molecule has 0 saturated carbocycles. The Morgan fingerprint density at radius 3 is 2.56 bits per heavy atom. The molecule has 0 spiro atoms. The van der Waals surface area contributed by atoms with Gasteiger partial charge in [0.2, 0.25) is 5.91 Å². The Balaban J connectivity index is 1.82. The fraction of sp³-hybridized carbons (Fsp3) is 0.238. The molecule has 1 aromatic heterocycles. The summed E-state index contributed by atoms with van der Waals surface area (Å²) in [7, 11) is 0. The van der Waals surface area contributed by atoms with Crippen molar-refractivity contribution in [2.24, 2.45) is 0 Å². The molecule has 2 aromatic carbocycles. The fourth-order valence-corrected chi connectivity index (χ4v) is 3.00.